The molecule has 0 amide bonds. The Balaban J connectivity index is 0.00000192. The fourth-order valence-electron chi connectivity index (χ4n) is 4.74. The van der Waals surface area contributed by atoms with Crippen LogP contribution in [0.5, 0.6) is 0 Å². The Hall–Kier alpha value is -0.0400. The monoisotopic (exact) mass is 435 g/mol. The van der Waals surface area contributed by atoms with Crippen molar-refractivity contribution in [2.75, 3.05) is 26.7 Å². The van der Waals surface area contributed by atoms with E-state index in [0.717, 1.165) is 25.7 Å². The van der Waals surface area contributed by atoms with E-state index < -0.39 is 0 Å². The van der Waals surface area contributed by atoms with Crippen LogP contribution in [0, 0.1) is 16.7 Å². The van der Waals surface area contributed by atoms with Crippen LogP contribution in [0.1, 0.15) is 53.4 Å². The van der Waals surface area contributed by atoms with E-state index in [1.807, 2.05) is 7.05 Å². The number of fused-ring (bicyclic) bond motifs is 1. The number of aliphatic imine (C=N–C) groups is 1. The van der Waals surface area contributed by atoms with Crippen LogP contribution in [0.2, 0.25) is 0 Å². The molecular weight excluding hydrogens is 401 g/mol. The maximum absolute atomic E-state index is 6.02. The highest BCUT2D eigenvalue weighted by atomic mass is 127. The Kier molecular flexibility index (Phi) is 5.92. The summed E-state index contributed by atoms with van der Waals surface area (Å²) >= 11 is 0. The van der Waals surface area contributed by atoms with E-state index in [1.54, 1.807) is 0 Å². The van der Waals surface area contributed by atoms with Gasteiger partial charge >= 0.3 is 0 Å². The van der Waals surface area contributed by atoms with Crippen molar-refractivity contribution in [1.29, 1.82) is 0 Å². The molecule has 0 bridgehead atoms. The highest BCUT2D eigenvalue weighted by Crippen LogP contribution is 2.51. The first-order chi connectivity index (χ1) is 10.4. The molecule has 3 aliphatic rings. The van der Waals surface area contributed by atoms with E-state index in [4.69, 9.17) is 4.74 Å². The van der Waals surface area contributed by atoms with E-state index in [2.05, 4.69) is 42.9 Å². The van der Waals surface area contributed by atoms with Crippen LogP contribution in [0.25, 0.3) is 0 Å². The molecule has 3 fully saturated rings. The normalized spacial score (nSPS) is 39.3. The molecule has 2 heterocycles. The summed E-state index contributed by atoms with van der Waals surface area (Å²) in [6, 6.07) is 0.491. The summed E-state index contributed by atoms with van der Waals surface area (Å²) in [5.41, 5.74) is 0.651. The van der Waals surface area contributed by atoms with Gasteiger partial charge in [-0.15, -0.1) is 24.0 Å². The minimum atomic E-state index is 0. The molecular formula is C18H34IN3O. The number of rotatable bonds is 2. The molecule has 1 aliphatic carbocycles. The molecule has 3 rings (SSSR count). The van der Waals surface area contributed by atoms with E-state index in [0.29, 0.717) is 23.5 Å². The largest absolute Gasteiger partial charge is 0.377 e. The highest BCUT2D eigenvalue weighted by molar-refractivity contribution is 14.0. The van der Waals surface area contributed by atoms with Crippen LogP contribution < -0.4 is 5.32 Å². The first-order valence-corrected chi connectivity index (χ1v) is 9.01. The van der Waals surface area contributed by atoms with Crippen molar-refractivity contribution >= 4 is 29.9 Å². The summed E-state index contributed by atoms with van der Waals surface area (Å²) in [6.07, 6.45) is 5.43. The van der Waals surface area contributed by atoms with Gasteiger partial charge in [-0.1, -0.05) is 27.7 Å². The summed E-state index contributed by atoms with van der Waals surface area (Å²) in [4.78, 5) is 7.04. The van der Waals surface area contributed by atoms with E-state index >= 15 is 0 Å². The van der Waals surface area contributed by atoms with Gasteiger partial charge in [0.05, 0.1) is 6.10 Å². The standard InChI is InChI=1S/C18H33N3O.HI/c1-6-18(4)9-10-21(12-18)16(19-5)20-14-13-8-7-11-22-15(13)17(14,2)3;/h13-15H,6-12H2,1-5H3,(H,19,20);1H. The second-order valence-corrected chi connectivity index (χ2v) is 8.42. The molecule has 2 aliphatic heterocycles. The van der Waals surface area contributed by atoms with Crippen molar-refractivity contribution < 1.29 is 4.74 Å². The van der Waals surface area contributed by atoms with Crippen LogP contribution in [0.15, 0.2) is 4.99 Å². The topological polar surface area (TPSA) is 36.9 Å². The molecule has 1 N–H and O–H groups in total. The molecule has 4 unspecified atom stereocenters. The number of guanidine groups is 1. The molecule has 2 saturated heterocycles. The molecule has 1 saturated carbocycles. The molecule has 0 aromatic rings. The third kappa shape index (κ3) is 3.37. The van der Waals surface area contributed by atoms with Gasteiger partial charge in [0.25, 0.3) is 0 Å². The van der Waals surface area contributed by atoms with Crippen LogP contribution in [-0.2, 0) is 4.74 Å². The van der Waals surface area contributed by atoms with Crippen LogP contribution >= 0.6 is 24.0 Å². The fourth-order valence-corrected chi connectivity index (χ4v) is 4.74. The van der Waals surface area contributed by atoms with Gasteiger partial charge < -0.3 is 15.0 Å². The van der Waals surface area contributed by atoms with Crippen molar-refractivity contribution in [2.24, 2.45) is 21.7 Å². The lowest BCUT2D eigenvalue weighted by atomic mass is 9.55. The molecule has 134 valence electrons. The lowest BCUT2D eigenvalue weighted by Crippen LogP contribution is -2.71. The molecule has 4 atom stereocenters. The van der Waals surface area contributed by atoms with E-state index in [9.17, 15) is 0 Å². The fraction of sp³-hybridized carbons (Fsp3) is 0.944. The number of nitrogens with one attached hydrogen (secondary N) is 1. The zero-order valence-corrected chi connectivity index (χ0v) is 17.7. The maximum atomic E-state index is 6.02. The number of hydrogen-bond acceptors (Lipinski definition) is 2. The summed E-state index contributed by atoms with van der Waals surface area (Å²) in [5, 5.41) is 3.79. The smallest absolute Gasteiger partial charge is 0.193 e. The number of hydrogen-bond donors (Lipinski definition) is 1. The number of nitrogens with zero attached hydrogens (tertiary/aromatic N) is 2. The molecule has 0 radical (unpaired) electrons. The van der Waals surface area contributed by atoms with Gasteiger partial charge in [-0.2, -0.15) is 0 Å². The van der Waals surface area contributed by atoms with Crippen LogP contribution in [0.3, 0.4) is 0 Å². The zero-order valence-electron chi connectivity index (χ0n) is 15.4. The van der Waals surface area contributed by atoms with Crippen molar-refractivity contribution in [3.05, 3.63) is 0 Å². The summed E-state index contributed by atoms with van der Waals surface area (Å²) in [5.74, 6) is 1.75. The lowest BCUT2D eigenvalue weighted by molar-refractivity contribution is -0.188. The van der Waals surface area contributed by atoms with Gasteiger partial charge in [0.1, 0.15) is 0 Å². The second-order valence-electron chi connectivity index (χ2n) is 8.42. The third-order valence-corrected chi connectivity index (χ3v) is 6.54. The molecule has 4 nitrogen and oxygen atoms in total. The van der Waals surface area contributed by atoms with Crippen molar-refractivity contribution in [3.8, 4) is 0 Å². The Morgan fingerprint density at radius 2 is 2.09 bits per heavy atom. The van der Waals surface area contributed by atoms with Gasteiger partial charge in [-0.25, -0.2) is 0 Å². The van der Waals surface area contributed by atoms with Gasteiger partial charge in [0.15, 0.2) is 5.96 Å². The number of likely N-dealkylation sites (tertiary alicyclic amines) is 1. The predicted octanol–water partition coefficient (Wildman–Crippen LogP) is 3.51. The molecule has 0 aromatic heterocycles. The second kappa shape index (κ2) is 7.06. The molecule has 23 heavy (non-hydrogen) atoms. The minimum absolute atomic E-state index is 0. The lowest BCUT2D eigenvalue weighted by Gasteiger charge is -2.60. The van der Waals surface area contributed by atoms with Crippen LogP contribution in [0.4, 0.5) is 0 Å². The minimum Gasteiger partial charge on any atom is -0.377 e. The van der Waals surface area contributed by atoms with Crippen molar-refractivity contribution in [3.63, 3.8) is 0 Å². The predicted molar refractivity (Wildman–Crippen MR) is 107 cm³/mol. The van der Waals surface area contributed by atoms with Crippen molar-refractivity contribution in [2.45, 2.75) is 65.5 Å². The zero-order chi connectivity index (χ0) is 16.0. The summed E-state index contributed by atoms with van der Waals surface area (Å²) in [6.45, 7) is 12.6. The Labute approximate surface area is 158 Å². The number of halogens is 1. The Bertz CT molecular complexity index is 454. The highest BCUT2D eigenvalue weighted by Gasteiger charge is 2.58. The van der Waals surface area contributed by atoms with Gasteiger partial charge in [-0.3, -0.25) is 4.99 Å². The summed E-state index contributed by atoms with van der Waals surface area (Å²) < 4.78 is 6.02. The average molecular weight is 435 g/mol. The van der Waals surface area contributed by atoms with Gasteiger partial charge in [0.2, 0.25) is 0 Å². The summed E-state index contributed by atoms with van der Waals surface area (Å²) in [7, 11) is 1.92. The van der Waals surface area contributed by atoms with Crippen molar-refractivity contribution in [1.82, 2.24) is 10.2 Å². The van der Waals surface area contributed by atoms with E-state index in [1.165, 1.54) is 25.7 Å². The molecule has 0 aromatic carbocycles. The maximum Gasteiger partial charge on any atom is 0.193 e. The number of ether oxygens (including phenoxy) is 1. The molecule has 0 spiro atoms. The Morgan fingerprint density at radius 3 is 2.70 bits per heavy atom. The molecule has 5 heteroatoms. The van der Waals surface area contributed by atoms with Gasteiger partial charge in [0, 0.05) is 44.1 Å². The third-order valence-electron chi connectivity index (χ3n) is 6.54. The first kappa shape index (κ1) is 19.3. The van der Waals surface area contributed by atoms with Gasteiger partial charge in [-0.05, 0) is 31.1 Å². The van der Waals surface area contributed by atoms with E-state index in [-0.39, 0.29) is 29.4 Å². The first-order valence-electron chi connectivity index (χ1n) is 9.01. The Morgan fingerprint density at radius 1 is 1.35 bits per heavy atom. The van der Waals surface area contributed by atoms with Crippen LogP contribution in [-0.4, -0.2) is 49.7 Å². The quantitative estimate of drug-likeness (QED) is 0.410. The average Bonchev–Trinajstić information content (AvgIpc) is 2.91. The SMILES string of the molecule is CCC1(C)CCN(C(=NC)NC2C3CCCOC3C2(C)C)C1.I.